The topological polar surface area (TPSA) is 57.3 Å². The third-order valence-electron chi connectivity index (χ3n) is 4.09. The summed E-state index contributed by atoms with van der Waals surface area (Å²) in [5.41, 5.74) is 1.83. The van der Waals surface area contributed by atoms with Gasteiger partial charge in [0.15, 0.2) is 5.82 Å². The molecule has 3 rings (SSSR count). The molecule has 2 amide bonds. The Labute approximate surface area is 136 Å². The van der Waals surface area contributed by atoms with Crippen LogP contribution in [0.2, 0.25) is 0 Å². The van der Waals surface area contributed by atoms with E-state index >= 15 is 0 Å². The van der Waals surface area contributed by atoms with Crippen molar-refractivity contribution in [1.29, 1.82) is 0 Å². The zero-order chi connectivity index (χ0) is 16.1. The van der Waals surface area contributed by atoms with Crippen LogP contribution in [0, 0.1) is 0 Å². The quantitative estimate of drug-likeness (QED) is 0.907. The molecule has 120 valence electrons. The number of pyridine rings is 1. The fourth-order valence-corrected chi connectivity index (χ4v) is 2.86. The van der Waals surface area contributed by atoms with Crippen LogP contribution in [0.1, 0.15) is 31.4 Å². The van der Waals surface area contributed by atoms with E-state index < -0.39 is 0 Å². The Balaban J connectivity index is 1.66. The Morgan fingerprint density at radius 3 is 2.61 bits per heavy atom. The first kappa shape index (κ1) is 15.3. The maximum atomic E-state index is 12.3. The highest BCUT2D eigenvalue weighted by Gasteiger charge is 2.18. The first-order valence-corrected chi connectivity index (χ1v) is 8.06. The summed E-state index contributed by atoms with van der Waals surface area (Å²) in [6.45, 7) is 3.96. The summed E-state index contributed by atoms with van der Waals surface area (Å²) in [6.07, 6.45) is 4.11. The van der Waals surface area contributed by atoms with Crippen molar-refractivity contribution in [3.8, 4) is 0 Å². The number of anilines is 2. The number of carbonyl (C=O) groups excluding carboxylic acids is 1. The molecule has 0 saturated carbocycles. The van der Waals surface area contributed by atoms with Gasteiger partial charge in [0.05, 0.1) is 11.7 Å². The molecule has 1 atom stereocenters. The van der Waals surface area contributed by atoms with Gasteiger partial charge in [-0.15, -0.1) is 0 Å². The number of nitrogens with zero attached hydrogens (tertiary/aromatic N) is 2. The zero-order valence-electron chi connectivity index (χ0n) is 13.3. The Bertz CT molecular complexity index is 653. The van der Waals surface area contributed by atoms with E-state index in [1.807, 2.05) is 49.4 Å². The molecule has 2 aromatic rings. The van der Waals surface area contributed by atoms with Crippen LogP contribution in [0.3, 0.4) is 0 Å². The summed E-state index contributed by atoms with van der Waals surface area (Å²) in [5.74, 6) is 0.854. The fraction of sp³-hybridized carbons (Fsp3) is 0.333. The van der Waals surface area contributed by atoms with Gasteiger partial charge in [-0.1, -0.05) is 30.3 Å². The SMILES string of the molecule is CC(NC(=O)Nc1cccnc1N1CCCC1)c1ccccc1. The summed E-state index contributed by atoms with van der Waals surface area (Å²) in [4.78, 5) is 18.9. The Hall–Kier alpha value is -2.56. The molecule has 1 saturated heterocycles. The molecular formula is C18H22N4O. The van der Waals surface area contributed by atoms with E-state index in [1.54, 1.807) is 6.20 Å². The molecule has 0 spiro atoms. The Kier molecular flexibility index (Phi) is 4.76. The number of nitrogens with one attached hydrogen (secondary N) is 2. The smallest absolute Gasteiger partial charge is 0.319 e. The molecule has 1 unspecified atom stereocenters. The standard InChI is InChI=1S/C18H22N4O/c1-14(15-8-3-2-4-9-15)20-18(23)21-16-10-7-11-19-17(16)22-12-5-6-13-22/h2-4,7-11,14H,5-6,12-13H2,1H3,(H2,20,21,23). The van der Waals surface area contributed by atoms with Crippen molar-refractivity contribution < 1.29 is 4.79 Å². The van der Waals surface area contributed by atoms with Gasteiger partial charge in [0.1, 0.15) is 0 Å². The van der Waals surface area contributed by atoms with E-state index in [0.29, 0.717) is 0 Å². The van der Waals surface area contributed by atoms with Crippen molar-refractivity contribution in [3.05, 3.63) is 54.2 Å². The molecule has 0 bridgehead atoms. The minimum atomic E-state index is -0.213. The van der Waals surface area contributed by atoms with Gasteiger partial charge in [-0.3, -0.25) is 0 Å². The molecular weight excluding hydrogens is 288 g/mol. The lowest BCUT2D eigenvalue weighted by Gasteiger charge is -2.21. The van der Waals surface area contributed by atoms with Crippen molar-refractivity contribution in [1.82, 2.24) is 10.3 Å². The van der Waals surface area contributed by atoms with Crippen LogP contribution in [-0.4, -0.2) is 24.1 Å². The Morgan fingerprint density at radius 2 is 1.87 bits per heavy atom. The maximum Gasteiger partial charge on any atom is 0.319 e. The van der Waals surface area contributed by atoms with Gasteiger partial charge < -0.3 is 15.5 Å². The highest BCUT2D eigenvalue weighted by molar-refractivity contribution is 5.92. The molecule has 1 fully saturated rings. The van der Waals surface area contributed by atoms with Crippen molar-refractivity contribution in [3.63, 3.8) is 0 Å². The van der Waals surface area contributed by atoms with E-state index in [4.69, 9.17) is 0 Å². The third-order valence-corrected chi connectivity index (χ3v) is 4.09. The van der Waals surface area contributed by atoms with E-state index in [2.05, 4.69) is 20.5 Å². The lowest BCUT2D eigenvalue weighted by molar-refractivity contribution is 0.249. The highest BCUT2D eigenvalue weighted by atomic mass is 16.2. The maximum absolute atomic E-state index is 12.3. The summed E-state index contributed by atoms with van der Waals surface area (Å²) in [7, 11) is 0. The number of aromatic nitrogens is 1. The number of carbonyl (C=O) groups is 1. The number of amides is 2. The minimum absolute atomic E-state index is 0.0527. The molecule has 1 aliphatic rings. The van der Waals surface area contributed by atoms with Crippen LogP contribution in [-0.2, 0) is 0 Å². The van der Waals surface area contributed by atoms with Crippen LogP contribution in [0.5, 0.6) is 0 Å². The van der Waals surface area contributed by atoms with E-state index in [1.165, 1.54) is 12.8 Å². The molecule has 0 radical (unpaired) electrons. The normalized spacial score (nSPS) is 15.3. The van der Waals surface area contributed by atoms with E-state index in [0.717, 1.165) is 30.2 Å². The van der Waals surface area contributed by atoms with Gasteiger partial charge >= 0.3 is 6.03 Å². The molecule has 5 nitrogen and oxygen atoms in total. The molecule has 0 aliphatic carbocycles. The first-order chi connectivity index (χ1) is 11.2. The highest BCUT2D eigenvalue weighted by Crippen LogP contribution is 2.26. The predicted octanol–water partition coefficient (Wildman–Crippen LogP) is 3.56. The lowest BCUT2D eigenvalue weighted by atomic mass is 10.1. The van der Waals surface area contributed by atoms with E-state index in [9.17, 15) is 4.79 Å². The third kappa shape index (κ3) is 3.80. The van der Waals surface area contributed by atoms with E-state index in [-0.39, 0.29) is 12.1 Å². The number of hydrogen-bond acceptors (Lipinski definition) is 3. The first-order valence-electron chi connectivity index (χ1n) is 8.06. The second-order valence-corrected chi connectivity index (χ2v) is 5.80. The largest absolute Gasteiger partial charge is 0.355 e. The van der Waals surface area contributed by atoms with Gasteiger partial charge in [-0.05, 0) is 37.5 Å². The molecule has 5 heteroatoms. The lowest BCUT2D eigenvalue weighted by Crippen LogP contribution is -2.32. The fourth-order valence-electron chi connectivity index (χ4n) is 2.86. The van der Waals surface area contributed by atoms with Crippen molar-refractivity contribution in [2.45, 2.75) is 25.8 Å². The van der Waals surface area contributed by atoms with Crippen LogP contribution in [0.25, 0.3) is 0 Å². The van der Waals surface area contributed by atoms with Crippen LogP contribution in [0.15, 0.2) is 48.7 Å². The van der Waals surface area contributed by atoms with Crippen LogP contribution < -0.4 is 15.5 Å². The van der Waals surface area contributed by atoms with Crippen LogP contribution in [0.4, 0.5) is 16.3 Å². The second kappa shape index (κ2) is 7.13. The molecule has 23 heavy (non-hydrogen) atoms. The molecule has 1 aromatic heterocycles. The summed E-state index contributed by atoms with van der Waals surface area (Å²) in [6, 6.07) is 13.4. The number of urea groups is 1. The second-order valence-electron chi connectivity index (χ2n) is 5.80. The van der Waals surface area contributed by atoms with Gasteiger partial charge in [-0.2, -0.15) is 0 Å². The van der Waals surface area contributed by atoms with Gasteiger partial charge in [0.2, 0.25) is 0 Å². The number of hydrogen-bond donors (Lipinski definition) is 2. The van der Waals surface area contributed by atoms with Gasteiger partial charge in [0.25, 0.3) is 0 Å². The minimum Gasteiger partial charge on any atom is -0.355 e. The van der Waals surface area contributed by atoms with Crippen molar-refractivity contribution in [2.24, 2.45) is 0 Å². The zero-order valence-corrected chi connectivity index (χ0v) is 13.3. The number of benzene rings is 1. The average molecular weight is 310 g/mol. The Morgan fingerprint density at radius 1 is 1.13 bits per heavy atom. The van der Waals surface area contributed by atoms with Crippen LogP contribution >= 0.6 is 0 Å². The molecule has 1 aliphatic heterocycles. The number of rotatable bonds is 4. The summed E-state index contributed by atoms with van der Waals surface area (Å²) in [5, 5.41) is 5.90. The predicted molar refractivity (Wildman–Crippen MR) is 92.7 cm³/mol. The average Bonchev–Trinajstić information content (AvgIpc) is 3.10. The van der Waals surface area contributed by atoms with Gasteiger partial charge in [-0.25, -0.2) is 9.78 Å². The molecule has 2 N–H and O–H groups in total. The van der Waals surface area contributed by atoms with Gasteiger partial charge in [0, 0.05) is 19.3 Å². The van der Waals surface area contributed by atoms with Crippen molar-refractivity contribution in [2.75, 3.05) is 23.3 Å². The summed E-state index contributed by atoms with van der Waals surface area (Å²) < 4.78 is 0. The molecule has 1 aromatic carbocycles. The van der Waals surface area contributed by atoms with Crippen molar-refractivity contribution >= 4 is 17.5 Å². The monoisotopic (exact) mass is 310 g/mol. The molecule has 2 heterocycles. The summed E-state index contributed by atoms with van der Waals surface area (Å²) >= 11 is 0.